The van der Waals surface area contributed by atoms with Gasteiger partial charge in [0, 0.05) is 56.5 Å². The SMILES string of the molecule is CN[C@H](CCCCN)C(=O)NC(Cc1c[nH]c2ccccc12)C(=O)NC(CCCN=C(N)N)C(=O)NCCC[C@H](NC(=O)[C@H](Cc1ccccc1)NC(C)=O)C(=O)N1CCCC1C=O. The second kappa shape index (κ2) is 26.3. The minimum atomic E-state index is -1.07. The highest BCUT2D eigenvalue weighted by Crippen LogP contribution is 2.21. The van der Waals surface area contributed by atoms with Crippen molar-refractivity contribution in [3.63, 3.8) is 0 Å². The number of aromatic nitrogens is 1. The first-order valence-electron chi connectivity index (χ1n) is 22.1. The highest BCUT2D eigenvalue weighted by Gasteiger charge is 2.35. The first-order valence-corrected chi connectivity index (χ1v) is 22.1. The Balaban J connectivity index is 1.50. The number of nitrogens with one attached hydrogen (secondary N) is 7. The molecule has 3 unspecified atom stereocenters. The molecule has 1 aromatic heterocycles. The molecule has 0 radical (unpaired) electrons. The molecule has 6 atom stereocenters. The Hall–Kier alpha value is -6.34. The number of hydrogen-bond acceptors (Lipinski definition) is 10. The number of aliphatic imine (C=N–C) groups is 1. The van der Waals surface area contributed by atoms with E-state index in [-0.39, 0.29) is 57.1 Å². The van der Waals surface area contributed by atoms with Crippen LogP contribution < -0.4 is 49.1 Å². The molecule has 1 saturated heterocycles. The van der Waals surface area contributed by atoms with E-state index < -0.39 is 65.8 Å². The second-order valence-corrected chi connectivity index (χ2v) is 16.1. The van der Waals surface area contributed by atoms with E-state index in [0.29, 0.717) is 45.2 Å². The van der Waals surface area contributed by atoms with E-state index in [9.17, 15) is 33.6 Å². The molecular formula is C45H66N12O7. The number of carbonyl (C=O) groups is 7. The summed E-state index contributed by atoms with van der Waals surface area (Å²) < 4.78 is 0. The van der Waals surface area contributed by atoms with E-state index in [0.717, 1.165) is 34.7 Å². The highest BCUT2D eigenvalue weighted by atomic mass is 16.2. The molecule has 0 aliphatic carbocycles. The monoisotopic (exact) mass is 887 g/mol. The molecule has 64 heavy (non-hydrogen) atoms. The van der Waals surface area contributed by atoms with Gasteiger partial charge < -0.3 is 63.8 Å². The fourth-order valence-electron chi connectivity index (χ4n) is 7.83. The zero-order valence-electron chi connectivity index (χ0n) is 36.9. The summed E-state index contributed by atoms with van der Waals surface area (Å²) in [7, 11) is 1.67. The number of nitrogens with zero attached hydrogens (tertiary/aromatic N) is 2. The fraction of sp³-hybridized carbons (Fsp3) is 0.511. The van der Waals surface area contributed by atoms with Gasteiger partial charge in [0.1, 0.15) is 30.5 Å². The summed E-state index contributed by atoms with van der Waals surface area (Å²) in [5.41, 5.74) is 19.2. The molecular weight excluding hydrogens is 821 g/mol. The smallest absolute Gasteiger partial charge is 0.245 e. The largest absolute Gasteiger partial charge is 0.370 e. The fourth-order valence-corrected chi connectivity index (χ4v) is 7.83. The summed E-state index contributed by atoms with van der Waals surface area (Å²) in [4.78, 5) is 102. The molecule has 4 rings (SSSR count). The van der Waals surface area contributed by atoms with E-state index in [4.69, 9.17) is 17.2 Å². The minimum absolute atomic E-state index is 0.0527. The molecule has 6 amide bonds. The van der Waals surface area contributed by atoms with Gasteiger partial charge in [-0.15, -0.1) is 0 Å². The van der Waals surface area contributed by atoms with Gasteiger partial charge in [0.25, 0.3) is 0 Å². The number of hydrogen-bond donors (Lipinski definition) is 10. The number of benzene rings is 2. The molecule has 1 aliphatic heterocycles. The minimum Gasteiger partial charge on any atom is -0.370 e. The Morgan fingerprint density at radius 3 is 2.11 bits per heavy atom. The van der Waals surface area contributed by atoms with Gasteiger partial charge in [0.2, 0.25) is 35.4 Å². The van der Waals surface area contributed by atoms with Gasteiger partial charge in [-0.05, 0) is 82.2 Å². The lowest BCUT2D eigenvalue weighted by atomic mass is 10.0. The average molecular weight is 887 g/mol. The van der Waals surface area contributed by atoms with Crippen LogP contribution in [0.1, 0.15) is 75.8 Å². The second-order valence-electron chi connectivity index (χ2n) is 16.1. The molecule has 19 nitrogen and oxygen atoms in total. The lowest BCUT2D eigenvalue weighted by Crippen LogP contribution is -2.57. The third-order valence-corrected chi connectivity index (χ3v) is 11.2. The summed E-state index contributed by atoms with van der Waals surface area (Å²) in [5, 5.41) is 18.0. The Morgan fingerprint density at radius 2 is 1.42 bits per heavy atom. The van der Waals surface area contributed by atoms with Gasteiger partial charge in [-0.3, -0.25) is 33.8 Å². The zero-order valence-corrected chi connectivity index (χ0v) is 36.9. The molecule has 0 saturated carbocycles. The van der Waals surface area contributed by atoms with Crippen molar-refractivity contribution in [2.75, 3.05) is 33.2 Å². The number of H-pyrrole nitrogens is 1. The van der Waals surface area contributed by atoms with Crippen LogP contribution in [0.25, 0.3) is 10.9 Å². The molecule has 2 heterocycles. The number of para-hydroxylation sites is 1. The highest BCUT2D eigenvalue weighted by molar-refractivity contribution is 5.95. The molecule has 1 aliphatic rings. The molecule has 0 spiro atoms. The van der Waals surface area contributed by atoms with Crippen molar-refractivity contribution in [3.05, 3.63) is 71.9 Å². The summed E-state index contributed by atoms with van der Waals surface area (Å²) >= 11 is 0. The third kappa shape index (κ3) is 15.8. The van der Waals surface area contributed by atoms with Gasteiger partial charge in [-0.1, -0.05) is 55.0 Å². The molecule has 13 N–H and O–H groups in total. The standard InChI is InChI=1S/C45H66N12O7/c1-29(59)53-38(25-30-13-4-3-5-14-30)42(62)55-37(44(64)57-24-12-15-32(57)28-58)20-11-22-50-40(60)36(19-10-23-51-45(47)48)54-43(63)39(56-41(61)35(49-2)18-8-9-21-46)26-31-27-52-34-17-7-6-16-33(31)34/h3-7,13-14,16-17,27-28,32,35-39,49,52H,8-12,15,18-26,46H2,1-2H3,(H,50,60)(H,53,59)(H,54,63)(H,55,62)(H,56,61)(H4,47,48,51)/t32?,35-,36?,37+,38+,39?/m1/s1. The number of fused-ring (bicyclic) bond motifs is 1. The first-order chi connectivity index (χ1) is 30.8. The predicted molar refractivity (Wildman–Crippen MR) is 244 cm³/mol. The number of aldehydes is 1. The number of likely N-dealkylation sites (N-methyl/N-ethyl adjacent to an activating group) is 1. The van der Waals surface area contributed by atoms with Crippen LogP contribution in [0.5, 0.6) is 0 Å². The van der Waals surface area contributed by atoms with E-state index in [1.54, 1.807) is 13.2 Å². The van der Waals surface area contributed by atoms with Gasteiger partial charge in [0.05, 0.1) is 12.1 Å². The lowest BCUT2D eigenvalue weighted by Gasteiger charge is -2.28. The van der Waals surface area contributed by atoms with Gasteiger partial charge >= 0.3 is 0 Å². The lowest BCUT2D eigenvalue weighted by molar-refractivity contribution is -0.139. The molecule has 2 aromatic carbocycles. The molecule has 3 aromatic rings. The maximum Gasteiger partial charge on any atom is 0.245 e. The van der Waals surface area contributed by atoms with Crippen LogP contribution in [0.15, 0.2) is 65.8 Å². The summed E-state index contributed by atoms with van der Waals surface area (Å²) in [6.07, 6.45) is 6.67. The molecule has 0 bridgehead atoms. The van der Waals surface area contributed by atoms with E-state index >= 15 is 0 Å². The van der Waals surface area contributed by atoms with Crippen LogP contribution >= 0.6 is 0 Å². The number of aromatic amines is 1. The van der Waals surface area contributed by atoms with Crippen molar-refractivity contribution in [2.45, 2.75) is 114 Å². The number of carbonyl (C=O) groups excluding carboxylic acids is 7. The number of nitrogens with two attached hydrogens (primary N) is 3. The Kier molecular flexibility index (Phi) is 20.7. The summed E-state index contributed by atoms with van der Waals surface area (Å²) in [6, 6.07) is 11.3. The van der Waals surface area contributed by atoms with Gasteiger partial charge in [0.15, 0.2) is 5.96 Å². The van der Waals surface area contributed by atoms with Crippen molar-refractivity contribution in [1.29, 1.82) is 0 Å². The first kappa shape index (κ1) is 50.3. The Morgan fingerprint density at radius 1 is 0.781 bits per heavy atom. The van der Waals surface area contributed by atoms with Crippen molar-refractivity contribution in [1.82, 2.24) is 41.8 Å². The summed E-state index contributed by atoms with van der Waals surface area (Å²) in [5.74, 6) is -3.03. The zero-order chi connectivity index (χ0) is 46.4. The van der Waals surface area contributed by atoms with Gasteiger partial charge in [-0.25, -0.2) is 0 Å². The van der Waals surface area contributed by atoms with Crippen LogP contribution in [-0.4, -0.2) is 127 Å². The quantitative estimate of drug-likeness (QED) is 0.0206. The maximum absolute atomic E-state index is 14.2. The van der Waals surface area contributed by atoms with Crippen LogP contribution in [0.3, 0.4) is 0 Å². The van der Waals surface area contributed by atoms with Crippen LogP contribution in [-0.2, 0) is 46.4 Å². The predicted octanol–water partition coefficient (Wildman–Crippen LogP) is -0.231. The number of amides is 6. The van der Waals surface area contributed by atoms with Crippen LogP contribution in [0, 0.1) is 0 Å². The maximum atomic E-state index is 14.2. The number of unbranched alkanes of at least 4 members (excludes halogenated alkanes) is 1. The van der Waals surface area contributed by atoms with E-state index in [2.05, 4.69) is 41.9 Å². The third-order valence-electron chi connectivity index (χ3n) is 11.2. The Labute approximate surface area is 374 Å². The molecule has 348 valence electrons. The van der Waals surface area contributed by atoms with E-state index in [1.807, 2.05) is 54.6 Å². The van der Waals surface area contributed by atoms with Crippen molar-refractivity contribution < 1.29 is 33.6 Å². The van der Waals surface area contributed by atoms with Crippen LogP contribution in [0.4, 0.5) is 0 Å². The van der Waals surface area contributed by atoms with Crippen molar-refractivity contribution in [2.24, 2.45) is 22.2 Å². The Bertz CT molecular complexity index is 2040. The summed E-state index contributed by atoms with van der Waals surface area (Å²) in [6.45, 7) is 2.38. The molecule has 19 heteroatoms. The van der Waals surface area contributed by atoms with Gasteiger partial charge in [-0.2, -0.15) is 0 Å². The van der Waals surface area contributed by atoms with Crippen molar-refractivity contribution in [3.8, 4) is 0 Å². The van der Waals surface area contributed by atoms with E-state index in [1.165, 1.54) is 11.8 Å². The number of likely N-dealkylation sites (tertiary alicyclic amines) is 1. The molecule has 1 fully saturated rings. The average Bonchev–Trinajstić information content (AvgIpc) is 3.94. The topological polar surface area (TPSA) is 301 Å². The number of guanidine groups is 1. The number of rotatable bonds is 27. The van der Waals surface area contributed by atoms with Crippen LogP contribution in [0.2, 0.25) is 0 Å². The van der Waals surface area contributed by atoms with Crippen molar-refractivity contribution >= 4 is 58.6 Å². The normalized spacial score (nSPS) is 15.8.